The minimum Gasteiger partial charge on any atom is -0.273 e. The monoisotopic (exact) mass is 228 g/mol. The number of benzene rings is 1. The number of nitriles is 1. The number of hydrogen-bond donors (Lipinski definition) is 0. The molecule has 0 N–H and O–H groups in total. The van der Waals surface area contributed by atoms with E-state index >= 15 is 0 Å². The molecule has 1 aromatic rings. The van der Waals surface area contributed by atoms with E-state index in [0.717, 1.165) is 6.42 Å². The van der Waals surface area contributed by atoms with Gasteiger partial charge in [0.15, 0.2) is 0 Å². The SMILES string of the molecule is CC(C)N1C(C)(C#N)C1(C)Cc1ccccc1. The lowest BCUT2D eigenvalue weighted by molar-refractivity contribution is 0.343. The first-order valence-corrected chi connectivity index (χ1v) is 6.20. The van der Waals surface area contributed by atoms with Crippen LogP contribution in [0.5, 0.6) is 0 Å². The molecule has 90 valence electrons. The summed E-state index contributed by atoms with van der Waals surface area (Å²) in [5.74, 6) is 0. The fraction of sp³-hybridized carbons (Fsp3) is 0.533. The second-order valence-corrected chi connectivity index (χ2v) is 5.58. The van der Waals surface area contributed by atoms with Crippen molar-refractivity contribution in [1.82, 2.24) is 4.90 Å². The molecule has 0 saturated carbocycles. The molecule has 3 atom stereocenters. The van der Waals surface area contributed by atoms with E-state index in [9.17, 15) is 5.26 Å². The summed E-state index contributed by atoms with van der Waals surface area (Å²) >= 11 is 0. The van der Waals surface area contributed by atoms with Gasteiger partial charge in [-0.1, -0.05) is 30.3 Å². The van der Waals surface area contributed by atoms with E-state index in [4.69, 9.17) is 0 Å². The van der Waals surface area contributed by atoms with Gasteiger partial charge in [0.05, 0.1) is 11.6 Å². The van der Waals surface area contributed by atoms with Crippen LogP contribution in [0.1, 0.15) is 33.3 Å². The maximum absolute atomic E-state index is 9.41. The quantitative estimate of drug-likeness (QED) is 0.744. The molecule has 0 aromatic heterocycles. The Morgan fingerprint density at radius 1 is 1.24 bits per heavy atom. The predicted octanol–water partition coefficient (Wildman–Crippen LogP) is 2.99. The molecule has 1 heterocycles. The summed E-state index contributed by atoms with van der Waals surface area (Å²) in [4.78, 5) is 2.31. The molecular formula is C15H20N2. The lowest BCUT2D eigenvalue weighted by atomic mass is 9.91. The lowest BCUT2D eigenvalue weighted by Gasteiger charge is -2.14. The molecule has 1 aliphatic rings. The van der Waals surface area contributed by atoms with E-state index in [1.54, 1.807) is 0 Å². The van der Waals surface area contributed by atoms with E-state index in [1.165, 1.54) is 5.56 Å². The summed E-state index contributed by atoms with van der Waals surface area (Å²) in [5, 5.41) is 9.41. The van der Waals surface area contributed by atoms with Crippen molar-refractivity contribution in [3.05, 3.63) is 35.9 Å². The molecular weight excluding hydrogens is 208 g/mol. The van der Waals surface area contributed by atoms with Crippen molar-refractivity contribution in [2.75, 3.05) is 0 Å². The zero-order chi connectivity index (χ0) is 12.7. The zero-order valence-corrected chi connectivity index (χ0v) is 11.1. The van der Waals surface area contributed by atoms with Crippen LogP contribution in [0, 0.1) is 11.3 Å². The largest absolute Gasteiger partial charge is 0.273 e. The Bertz CT molecular complexity index is 446. The van der Waals surface area contributed by atoms with E-state index in [-0.39, 0.29) is 11.1 Å². The number of rotatable bonds is 3. The molecule has 17 heavy (non-hydrogen) atoms. The highest BCUT2D eigenvalue weighted by atomic mass is 15.5. The molecule has 0 aliphatic carbocycles. The molecule has 3 unspecified atom stereocenters. The molecule has 2 heteroatoms. The van der Waals surface area contributed by atoms with Crippen LogP contribution in [-0.4, -0.2) is 22.0 Å². The van der Waals surface area contributed by atoms with Crippen molar-refractivity contribution in [2.24, 2.45) is 0 Å². The fourth-order valence-corrected chi connectivity index (χ4v) is 3.21. The first kappa shape index (κ1) is 12.1. The standard InChI is InChI=1S/C15H20N2/c1-12(2)17-14(3,15(17,4)11-16)10-13-8-6-5-7-9-13/h5-9,12H,10H2,1-4H3. The van der Waals surface area contributed by atoms with E-state index < -0.39 is 0 Å². The summed E-state index contributed by atoms with van der Waals surface area (Å²) in [6.45, 7) is 8.57. The predicted molar refractivity (Wildman–Crippen MR) is 69.5 cm³/mol. The van der Waals surface area contributed by atoms with Gasteiger partial charge >= 0.3 is 0 Å². The normalized spacial score (nSPS) is 35.6. The van der Waals surface area contributed by atoms with Crippen LogP contribution in [0.15, 0.2) is 30.3 Å². The van der Waals surface area contributed by atoms with Gasteiger partial charge in [0.2, 0.25) is 0 Å². The van der Waals surface area contributed by atoms with E-state index in [1.807, 2.05) is 6.07 Å². The third kappa shape index (κ3) is 1.66. The lowest BCUT2D eigenvalue weighted by Crippen LogP contribution is -2.22. The number of nitrogens with zero attached hydrogens (tertiary/aromatic N) is 2. The van der Waals surface area contributed by atoms with Crippen molar-refractivity contribution in [1.29, 1.82) is 5.26 Å². The minimum absolute atomic E-state index is 0.0305. The highest BCUT2D eigenvalue weighted by Gasteiger charge is 2.70. The van der Waals surface area contributed by atoms with Crippen LogP contribution in [-0.2, 0) is 6.42 Å². The first-order chi connectivity index (χ1) is 7.95. The third-order valence-electron chi connectivity index (χ3n) is 4.14. The topological polar surface area (TPSA) is 26.8 Å². The zero-order valence-electron chi connectivity index (χ0n) is 11.1. The van der Waals surface area contributed by atoms with Gasteiger partial charge in [-0.25, -0.2) is 0 Å². The Balaban J connectivity index is 2.24. The van der Waals surface area contributed by atoms with Crippen LogP contribution in [0.2, 0.25) is 0 Å². The Morgan fingerprint density at radius 3 is 2.24 bits per heavy atom. The molecule has 1 aliphatic heterocycles. The third-order valence-corrected chi connectivity index (χ3v) is 4.14. The Morgan fingerprint density at radius 2 is 1.82 bits per heavy atom. The summed E-state index contributed by atoms with van der Waals surface area (Å²) in [7, 11) is 0. The van der Waals surface area contributed by atoms with E-state index in [0.29, 0.717) is 6.04 Å². The Hall–Kier alpha value is -1.33. The van der Waals surface area contributed by atoms with Gasteiger partial charge in [-0.3, -0.25) is 4.90 Å². The van der Waals surface area contributed by atoms with Gasteiger partial charge in [-0.2, -0.15) is 5.26 Å². The minimum atomic E-state index is -0.322. The highest BCUT2D eigenvalue weighted by molar-refractivity contribution is 5.38. The average molecular weight is 228 g/mol. The van der Waals surface area contributed by atoms with Crippen LogP contribution in [0.4, 0.5) is 0 Å². The van der Waals surface area contributed by atoms with Gasteiger partial charge in [-0.15, -0.1) is 0 Å². The maximum atomic E-state index is 9.41. The molecule has 1 fully saturated rings. The van der Waals surface area contributed by atoms with E-state index in [2.05, 4.69) is 62.9 Å². The fourth-order valence-electron chi connectivity index (χ4n) is 3.21. The van der Waals surface area contributed by atoms with Crippen LogP contribution in [0.3, 0.4) is 0 Å². The molecule has 2 nitrogen and oxygen atoms in total. The van der Waals surface area contributed by atoms with Gasteiger partial charge < -0.3 is 0 Å². The highest BCUT2D eigenvalue weighted by Crippen LogP contribution is 2.54. The first-order valence-electron chi connectivity index (χ1n) is 6.20. The van der Waals surface area contributed by atoms with Gasteiger partial charge in [0.1, 0.15) is 5.54 Å². The summed E-state index contributed by atoms with van der Waals surface area (Å²) < 4.78 is 0. The van der Waals surface area contributed by atoms with Crippen molar-refractivity contribution >= 4 is 0 Å². The number of hydrogen-bond acceptors (Lipinski definition) is 2. The van der Waals surface area contributed by atoms with Crippen LogP contribution < -0.4 is 0 Å². The molecule has 0 bridgehead atoms. The summed E-state index contributed by atoms with van der Waals surface area (Å²) in [5.41, 5.74) is 0.952. The molecule has 1 aromatic carbocycles. The Labute approximate surface area is 104 Å². The van der Waals surface area contributed by atoms with Crippen LogP contribution >= 0.6 is 0 Å². The van der Waals surface area contributed by atoms with Crippen LogP contribution in [0.25, 0.3) is 0 Å². The second-order valence-electron chi connectivity index (χ2n) is 5.58. The molecule has 0 radical (unpaired) electrons. The summed E-state index contributed by atoms with van der Waals surface area (Å²) in [6, 6.07) is 13.3. The molecule has 1 saturated heterocycles. The molecule has 2 rings (SSSR count). The Kier molecular flexibility index (Phi) is 2.75. The van der Waals surface area contributed by atoms with Gasteiger partial charge in [-0.05, 0) is 39.7 Å². The summed E-state index contributed by atoms with van der Waals surface area (Å²) in [6.07, 6.45) is 0.941. The average Bonchev–Trinajstić information content (AvgIpc) is 2.77. The van der Waals surface area contributed by atoms with Gasteiger partial charge in [0, 0.05) is 6.04 Å². The molecule has 0 spiro atoms. The van der Waals surface area contributed by atoms with Crippen molar-refractivity contribution in [3.63, 3.8) is 0 Å². The second kappa shape index (κ2) is 3.85. The van der Waals surface area contributed by atoms with Crippen molar-refractivity contribution in [3.8, 4) is 6.07 Å². The maximum Gasteiger partial charge on any atom is 0.125 e. The van der Waals surface area contributed by atoms with Crippen molar-refractivity contribution in [2.45, 2.75) is 51.2 Å². The molecule has 0 amide bonds. The van der Waals surface area contributed by atoms with Crippen molar-refractivity contribution < 1.29 is 0 Å². The smallest absolute Gasteiger partial charge is 0.125 e. The van der Waals surface area contributed by atoms with Gasteiger partial charge in [0.25, 0.3) is 0 Å².